The Labute approximate surface area is 148 Å². The lowest BCUT2D eigenvalue weighted by molar-refractivity contribution is 0.430. The second-order valence-electron chi connectivity index (χ2n) is 5.69. The van der Waals surface area contributed by atoms with Gasteiger partial charge in [-0.15, -0.1) is 0 Å². The maximum absolute atomic E-state index is 13.2. The summed E-state index contributed by atoms with van der Waals surface area (Å²) < 4.78 is 15.0. The van der Waals surface area contributed by atoms with Crippen molar-refractivity contribution in [2.24, 2.45) is 0 Å². The number of benzene rings is 2. The van der Waals surface area contributed by atoms with Crippen molar-refractivity contribution in [1.82, 2.24) is 14.8 Å². The maximum atomic E-state index is 13.2. The molecule has 7 heteroatoms. The molecule has 0 spiro atoms. The Hall–Kier alpha value is -2.11. The lowest BCUT2D eigenvalue weighted by atomic mass is 9.93. The molecule has 0 unspecified atom stereocenters. The van der Waals surface area contributed by atoms with Gasteiger partial charge in [0.05, 0.1) is 12.1 Å². The van der Waals surface area contributed by atoms with Gasteiger partial charge in [0.1, 0.15) is 12.1 Å². The molecule has 4 nitrogen and oxygen atoms in total. The highest BCUT2D eigenvalue weighted by Crippen LogP contribution is 2.40. The smallest absolute Gasteiger partial charge is 0.222 e. The minimum absolute atomic E-state index is 0.0148. The number of aromatic nitrogens is 3. The van der Waals surface area contributed by atoms with Gasteiger partial charge in [-0.2, -0.15) is 10.1 Å². The molecule has 0 saturated carbocycles. The van der Waals surface area contributed by atoms with Gasteiger partial charge in [0.2, 0.25) is 5.95 Å². The minimum Gasteiger partial charge on any atom is -0.348 e. The van der Waals surface area contributed by atoms with Crippen molar-refractivity contribution >= 4 is 29.2 Å². The summed E-state index contributed by atoms with van der Waals surface area (Å²) in [5.74, 6) is 0.404. The molecule has 24 heavy (non-hydrogen) atoms. The third-order valence-electron chi connectivity index (χ3n) is 4.22. The van der Waals surface area contributed by atoms with Crippen LogP contribution in [0.4, 0.5) is 10.3 Å². The van der Waals surface area contributed by atoms with Crippen LogP contribution < -0.4 is 5.32 Å². The highest BCUT2D eigenvalue weighted by Gasteiger charge is 2.31. The van der Waals surface area contributed by atoms with Crippen molar-refractivity contribution < 1.29 is 4.39 Å². The monoisotopic (exact) mass is 362 g/mol. The van der Waals surface area contributed by atoms with Crippen LogP contribution in [0.1, 0.15) is 29.6 Å². The third kappa shape index (κ3) is 2.74. The van der Waals surface area contributed by atoms with Crippen molar-refractivity contribution in [1.29, 1.82) is 0 Å². The molecule has 2 atom stereocenters. The number of halogens is 3. The third-order valence-corrected chi connectivity index (χ3v) is 4.79. The van der Waals surface area contributed by atoms with Crippen LogP contribution in [0.2, 0.25) is 10.0 Å². The van der Waals surface area contributed by atoms with E-state index in [1.807, 2.05) is 16.8 Å². The second kappa shape index (κ2) is 6.07. The summed E-state index contributed by atoms with van der Waals surface area (Å²) in [4.78, 5) is 4.27. The van der Waals surface area contributed by atoms with Gasteiger partial charge in [-0.3, -0.25) is 0 Å². The normalized spacial score (nSPS) is 19.6. The molecule has 1 aliphatic rings. The van der Waals surface area contributed by atoms with Gasteiger partial charge in [0, 0.05) is 10.0 Å². The average Bonchev–Trinajstić information content (AvgIpc) is 3.03. The van der Waals surface area contributed by atoms with Crippen LogP contribution in [0, 0.1) is 5.82 Å². The molecule has 0 aliphatic carbocycles. The molecule has 0 saturated heterocycles. The zero-order valence-corrected chi connectivity index (χ0v) is 14.0. The zero-order valence-electron chi connectivity index (χ0n) is 12.5. The van der Waals surface area contributed by atoms with E-state index in [0.29, 0.717) is 22.4 Å². The highest BCUT2D eigenvalue weighted by atomic mass is 35.5. The molecule has 1 N–H and O–H groups in total. The van der Waals surface area contributed by atoms with E-state index >= 15 is 0 Å². The van der Waals surface area contributed by atoms with Crippen molar-refractivity contribution in [2.75, 3.05) is 5.32 Å². The van der Waals surface area contributed by atoms with Gasteiger partial charge in [-0.25, -0.2) is 9.07 Å². The van der Waals surface area contributed by atoms with Gasteiger partial charge >= 0.3 is 0 Å². The highest BCUT2D eigenvalue weighted by molar-refractivity contribution is 6.35. The lowest BCUT2D eigenvalue weighted by Crippen LogP contribution is -2.28. The van der Waals surface area contributed by atoms with Crippen molar-refractivity contribution in [2.45, 2.75) is 18.5 Å². The van der Waals surface area contributed by atoms with E-state index in [4.69, 9.17) is 23.2 Å². The van der Waals surface area contributed by atoms with Crippen LogP contribution in [0.25, 0.3) is 0 Å². The first kappa shape index (κ1) is 15.4. The summed E-state index contributed by atoms with van der Waals surface area (Å²) in [7, 11) is 0. The standard InChI is InChI=1S/C17H13Cl2FN4/c18-11-3-6-13(14(19)7-11)16-8-15(10-1-4-12(20)5-2-10)23-17-21-9-22-24(16)17/h1-7,9,15-16H,8H2,(H,21,22,23)/t15-,16+/m1/s1. The number of nitrogens with one attached hydrogen (secondary N) is 1. The molecule has 122 valence electrons. The minimum atomic E-state index is -0.255. The predicted octanol–water partition coefficient (Wildman–Crippen LogP) is 4.87. The largest absolute Gasteiger partial charge is 0.348 e. The van der Waals surface area contributed by atoms with Crippen LogP contribution in [0.5, 0.6) is 0 Å². The van der Waals surface area contributed by atoms with E-state index in [1.165, 1.54) is 18.5 Å². The van der Waals surface area contributed by atoms with Crippen molar-refractivity contribution in [3.05, 3.63) is 75.8 Å². The maximum Gasteiger partial charge on any atom is 0.222 e. The Morgan fingerprint density at radius 1 is 1.12 bits per heavy atom. The van der Waals surface area contributed by atoms with E-state index in [1.54, 1.807) is 18.2 Å². The summed E-state index contributed by atoms with van der Waals surface area (Å²) in [6.07, 6.45) is 2.22. The Balaban J connectivity index is 1.75. The predicted molar refractivity (Wildman–Crippen MR) is 92.0 cm³/mol. The summed E-state index contributed by atoms with van der Waals surface area (Å²) in [6, 6.07) is 11.8. The summed E-state index contributed by atoms with van der Waals surface area (Å²) in [5.41, 5.74) is 1.92. The molecule has 2 aromatic carbocycles. The van der Waals surface area contributed by atoms with E-state index in [9.17, 15) is 4.39 Å². The fourth-order valence-electron chi connectivity index (χ4n) is 3.06. The quantitative estimate of drug-likeness (QED) is 0.706. The molecule has 0 bridgehead atoms. The SMILES string of the molecule is Fc1ccc([C@H]2C[C@@H](c3ccc(Cl)cc3Cl)n3ncnc3N2)cc1. The average molecular weight is 363 g/mol. The molecule has 0 amide bonds. The van der Waals surface area contributed by atoms with Gasteiger partial charge in [-0.1, -0.05) is 41.4 Å². The van der Waals surface area contributed by atoms with E-state index in [2.05, 4.69) is 15.4 Å². The second-order valence-corrected chi connectivity index (χ2v) is 6.54. The van der Waals surface area contributed by atoms with E-state index in [0.717, 1.165) is 11.1 Å². The van der Waals surface area contributed by atoms with Crippen LogP contribution in [-0.2, 0) is 0 Å². The first-order valence-corrected chi connectivity index (χ1v) is 8.24. The van der Waals surface area contributed by atoms with Gasteiger partial charge < -0.3 is 5.32 Å². The van der Waals surface area contributed by atoms with Crippen LogP contribution in [0.3, 0.4) is 0 Å². The molecule has 3 aromatic rings. The van der Waals surface area contributed by atoms with Gasteiger partial charge in [-0.05, 0) is 41.8 Å². The molecule has 2 heterocycles. The first-order valence-electron chi connectivity index (χ1n) is 7.48. The van der Waals surface area contributed by atoms with E-state index in [-0.39, 0.29) is 17.9 Å². The molecule has 1 aliphatic heterocycles. The molecule has 0 radical (unpaired) electrons. The number of hydrogen-bond acceptors (Lipinski definition) is 3. The number of fused-ring (bicyclic) bond motifs is 1. The molecule has 4 rings (SSSR count). The molecule has 1 aromatic heterocycles. The van der Waals surface area contributed by atoms with Crippen LogP contribution in [-0.4, -0.2) is 14.8 Å². The Morgan fingerprint density at radius 2 is 1.92 bits per heavy atom. The molecular weight excluding hydrogens is 350 g/mol. The van der Waals surface area contributed by atoms with Crippen molar-refractivity contribution in [3.63, 3.8) is 0 Å². The fraction of sp³-hybridized carbons (Fsp3) is 0.176. The van der Waals surface area contributed by atoms with Gasteiger partial charge in [0.25, 0.3) is 0 Å². The summed E-state index contributed by atoms with van der Waals surface area (Å²) >= 11 is 12.4. The number of rotatable bonds is 2. The Kier molecular flexibility index (Phi) is 3.90. The Morgan fingerprint density at radius 3 is 2.67 bits per heavy atom. The molecular formula is C17H13Cl2FN4. The van der Waals surface area contributed by atoms with Crippen LogP contribution in [0.15, 0.2) is 48.8 Å². The first-order chi connectivity index (χ1) is 11.6. The van der Waals surface area contributed by atoms with Crippen molar-refractivity contribution in [3.8, 4) is 0 Å². The molecule has 0 fully saturated rings. The number of hydrogen-bond donors (Lipinski definition) is 1. The van der Waals surface area contributed by atoms with Gasteiger partial charge in [0.15, 0.2) is 0 Å². The number of nitrogens with zero attached hydrogens (tertiary/aromatic N) is 3. The summed E-state index contributed by atoms with van der Waals surface area (Å²) in [6.45, 7) is 0. The fourth-order valence-corrected chi connectivity index (χ4v) is 3.60. The summed E-state index contributed by atoms with van der Waals surface area (Å²) in [5, 5.41) is 8.83. The zero-order chi connectivity index (χ0) is 16.7. The lowest BCUT2D eigenvalue weighted by Gasteiger charge is -2.32. The van der Waals surface area contributed by atoms with E-state index < -0.39 is 0 Å². The topological polar surface area (TPSA) is 42.7 Å². The van der Waals surface area contributed by atoms with Crippen LogP contribution >= 0.6 is 23.2 Å². The number of anilines is 1. The Bertz CT molecular complexity index is 879.